The Kier molecular flexibility index (Phi) is 4.72. The molecule has 1 fully saturated rings. The molecule has 1 aliphatic rings. The summed E-state index contributed by atoms with van der Waals surface area (Å²) < 4.78 is 11.5. The first-order valence-corrected chi connectivity index (χ1v) is 10.4. The molecule has 6 nitrogen and oxygen atoms in total. The summed E-state index contributed by atoms with van der Waals surface area (Å²) in [6, 6.07) is 11.8. The van der Waals surface area contributed by atoms with E-state index in [4.69, 9.17) is 14.1 Å². The van der Waals surface area contributed by atoms with Gasteiger partial charge >= 0.3 is 0 Å². The van der Waals surface area contributed by atoms with Gasteiger partial charge in [0.25, 0.3) is 5.56 Å². The molecule has 1 saturated heterocycles. The Hall–Kier alpha value is -2.48. The van der Waals surface area contributed by atoms with Crippen molar-refractivity contribution in [3.05, 3.63) is 62.8 Å². The van der Waals surface area contributed by atoms with E-state index in [9.17, 15) is 4.79 Å². The molecule has 0 spiro atoms. The lowest BCUT2D eigenvalue weighted by atomic mass is 10.2. The highest BCUT2D eigenvalue weighted by Crippen LogP contribution is 2.25. The van der Waals surface area contributed by atoms with Crippen LogP contribution in [0.15, 0.2) is 51.0 Å². The van der Waals surface area contributed by atoms with Crippen molar-refractivity contribution in [3.63, 3.8) is 0 Å². The van der Waals surface area contributed by atoms with Crippen molar-refractivity contribution < 1.29 is 9.15 Å². The molecule has 0 radical (unpaired) electrons. The molecule has 0 aliphatic carbocycles. The maximum absolute atomic E-state index is 12.6. The summed E-state index contributed by atoms with van der Waals surface area (Å²) in [7, 11) is 0. The third-order valence-electron chi connectivity index (χ3n) is 5.10. The van der Waals surface area contributed by atoms with E-state index < -0.39 is 0 Å². The number of nitrogens with one attached hydrogen (secondary N) is 1. The van der Waals surface area contributed by atoms with Crippen LogP contribution < -0.4 is 5.56 Å². The molecule has 1 atom stereocenters. The third kappa shape index (κ3) is 3.48. The van der Waals surface area contributed by atoms with Gasteiger partial charge in [-0.3, -0.25) is 9.69 Å². The zero-order chi connectivity index (χ0) is 18.9. The first-order chi connectivity index (χ1) is 13.8. The predicted molar refractivity (Wildman–Crippen MR) is 110 cm³/mol. The Balaban J connectivity index is 1.47. The largest absolute Gasteiger partial charge is 0.449 e. The molecule has 0 bridgehead atoms. The molecule has 1 aliphatic heterocycles. The van der Waals surface area contributed by atoms with Crippen molar-refractivity contribution >= 4 is 33.4 Å². The SMILES string of the molecule is O=c1[nH]c(CN(Cc2cccs2)C[C@H]2CCCO2)nc2c1oc1ccccc12. The maximum atomic E-state index is 12.6. The van der Waals surface area contributed by atoms with Gasteiger partial charge in [-0.05, 0) is 36.4 Å². The van der Waals surface area contributed by atoms with E-state index in [1.165, 1.54) is 4.88 Å². The Morgan fingerprint density at radius 2 is 2.14 bits per heavy atom. The fourth-order valence-electron chi connectivity index (χ4n) is 3.82. The van der Waals surface area contributed by atoms with E-state index in [-0.39, 0.29) is 17.2 Å². The number of furan rings is 1. The number of para-hydroxylation sites is 1. The Labute approximate surface area is 165 Å². The van der Waals surface area contributed by atoms with Gasteiger partial charge in [-0.15, -0.1) is 11.3 Å². The van der Waals surface area contributed by atoms with Crippen molar-refractivity contribution in [2.45, 2.75) is 32.0 Å². The number of hydrogen-bond acceptors (Lipinski definition) is 6. The number of ether oxygens (including phenoxy) is 1. The number of thiophene rings is 1. The molecule has 7 heteroatoms. The number of nitrogens with zero attached hydrogens (tertiary/aromatic N) is 2. The molecule has 144 valence electrons. The average molecular weight is 395 g/mol. The normalized spacial score (nSPS) is 17.2. The van der Waals surface area contributed by atoms with Gasteiger partial charge in [-0.2, -0.15) is 0 Å². The number of aromatic nitrogens is 2. The molecule has 5 rings (SSSR count). The molecular formula is C21H21N3O3S. The van der Waals surface area contributed by atoms with Gasteiger partial charge in [-0.25, -0.2) is 4.98 Å². The summed E-state index contributed by atoms with van der Waals surface area (Å²) in [6.07, 6.45) is 2.43. The number of fused-ring (bicyclic) bond motifs is 3. The monoisotopic (exact) mass is 395 g/mol. The fourth-order valence-corrected chi connectivity index (χ4v) is 4.56. The van der Waals surface area contributed by atoms with Crippen LogP contribution in [0.1, 0.15) is 23.5 Å². The fraction of sp³-hybridized carbons (Fsp3) is 0.333. The van der Waals surface area contributed by atoms with E-state index in [1.807, 2.05) is 24.3 Å². The molecule has 1 aromatic carbocycles. The van der Waals surface area contributed by atoms with Crippen LogP contribution in [0.4, 0.5) is 0 Å². The molecule has 0 saturated carbocycles. The Morgan fingerprint density at radius 1 is 1.21 bits per heavy atom. The van der Waals surface area contributed by atoms with Gasteiger partial charge in [0.15, 0.2) is 0 Å². The number of hydrogen-bond donors (Lipinski definition) is 1. The molecule has 0 unspecified atom stereocenters. The van der Waals surface area contributed by atoms with Crippen LogP contribution in [-0.4, -0.2) is 34.1 Å². The number of benzene rings is 1. The van der Waals surface area contributed by atoms with Crippen LogP contribution in [-0.2, 0) is 17.8 Å². The lowest BCUT2D eigenvalue weighted by Gasteiger charge is -2.24. The molecular weight excluding hydrogens is 374 g/mol. The van der Waals surface area contributed by atoms with Crippen LogP contribution in [0.2, 0.25) is 0 Å². The van der Waals surface area contributed by atoms with Crippen LogP contribution >= 0.6 is 11.3 Å². The standard InChI is InChI=1S/C21H21N3O3S/c25-21-20-19(16-7-1-2-8-17(16)27-20)22-18(23-21)13-24(11-14-5-3-9-26-14)12-15-6-4-10-28-15/h1-2,4,6-8,10,14H,3,5,9,11-13H2,(H,22,23,25)/t14-/m1/s1. The average Bonchev–Trinajstić information content (AvgIpc) is 3.43. The summed E-state index contributed by atoms with van der Waals surface area (Å²) in [5, 5.41) is 2.96. The lowest BCUT2D eigenvalue weighted by Crippen LogP contribution is -2.32. The van der Waals surface area contributed by atoms with Crippen LogP contribution in [0, 0.1) is 0 Å². The maximum Gasteiger partial charge on any atom is 0.294 e. The molecule has 0 amide bonds. The van der Waals surface area contributed by atoms with Crippen molar-refractivity contribution in [3.8, 4) is 0 Å². The van der Waals surface area contributed by atoms with E-state index in [2.05, 4.69) is 27.4 Å². The zero-order valence-electron chi connectivity index (χ0n) is 15.4. The van der Waals surface area contributed by atoms with Crippen molar-refractivity contribution in [1.82, 2.24) is 14.9 Å². The minimum absolute atomic E-state index is 0.232. The smallest absolute Gasteiger partial charge is 0.294 e. The topological polar surface area (TPSA) is 71.4 Å². The van der Waals surface area contributed by atoms with Gasteiger partial charge in [0.1, 0.15) is 16.9 Å². The van der Waals surface area contributed by atoms with Crippen LogP contribution in [0.3, 0.4) is 0 Å². The molecule has 4 aromatic rings. The molecule has 28 heavy (non-hydrogen) atoms. The Morgan fingerprint density at radius 3 is 2.96 bits per heavy atom. The first kappa shape index (κ1) is 17.6. The number of rotatable bonds is 6. The molecule has 4 heterocycles. The van der Waals surface area contributed by atoms with Crippen molar-refractivity contribution in [2.24, 2.45) is 0 Å². The van der Waals surface area contributed by atoms with Gasteiger partial charge in [-0.1, -0.05) is 18.2 Å². The predicted octanol–water partition coefficient (Wildman–Crippen LogP) is 3.91. The second-order valence-corrected chi connectivity index (χ2v) is 8.20. The zero-order valence-corrected chi connectivity index (χ0v) is 16.2. The summed E-state index contributed by atoms with van der Waals surface area (Å²) in [6.45, 7) is 3.03. The second kappa shape index (κ2) is 7.50. The van der Waals surface area contributed by atoms with Gasteiger partial charge in [0.2, 0.25) is 5.58 Å². The minimum Gasteiger partial charge on any atom is -0.449 e. The van der Waals surface area contributed by atoms with Gasteiger partial charge in [0, 0.05) is 30.0 Å². The minimum atomic E-state index is -0.232. The van der Waals surface area contributed by atoms with Gasteiger partial charge in [0.05, 0.1) is 12.6 Å². The second-order valence-electron chi connectivity index (χ2n) is 7.17. The van der Waals surface area contributed by atoms with E-state index in [0.717, 1.165) is 37.9 Å². The molecule has 3 aromatic heterocycles. The summed E-state index contributed by atoms with van der Waals surface area (Å²) >= 11 is 1.74. The quantitative estimate of drug-likeness (QED) is 0.536. The van der Waals surface area contributed by atoms with Crippen molar-refractivity contribution in [2.75, 3.05) is 13.2 Å². The highest BCUT2D eigenvalue weighted by Gasteiger charge is 2.21. The first-order valence-electron chi connectivity index (χ1n) is 9.53. The summed E-state index contributed by atoms with van der Waals surface area (Å²) in [5.41, 5.74) is 1.36. The summed E-state index contributed by atoms with van der Waals surface area (Å²) in [4.78, 5) is 23.8. The number of aromatic amines is 1. The van der Waals surface area contributed by atoms with E-state index in [0.29, 0.717) is 23.5 Å². The van der Waals surface area contributed by atoms with Crippen LogP contribution in [0.25, 0.3) is 22.1 Å². The highest BCUT2D eigenvalue weighted by atomic mass is 32.1. The summed E-state index contributed by atoms with van der Waals surface area (Å²) in [5.74, 6) is 0.651. The van der Waals surface area contributed by atoms with Gasteiger partial charge < -0.3 is 14.1 Å². The van der Waals surface area contributed by atoms with Crippen molar-refractivity contribution in [1.29, 1.82) is 0 Å². The van der Waals surface area contributed by atoms with Crippen LogP contribution in [0.5, 0.6) is 0 Å². The highest BCUT2D eigenvalue weighted by molar-refractivity contribution is 7.09. The van der Waals surface area contributed by atoms with E-state index in [1.54, 1.807) is 11.3 Å². The third-order valence-corrected chi connectivity index (χ3v) is 5.96. The van der Waals surface area contributed by atoms with E-state index >= 15 is 0 Å². The number of H-pyrrole nitrogens is 1. The lowest BCUT2D eigenvalue weighted by molar-refractivity contribution is 0.0673. The Bertz CT molecular complexity index is 1140. The molecule has 1 N–H and O–H groups in total.